The summed E-state index contributed by atoms with van der Waals surface area (Å²) >= 11 is 0. The number of aryl methyl sites for hydroxylation is 3. The number of H-pyrrole nitrogens is 1. The molecule has 2 atom stereocenters. The highest BCUT2D eigenvalue weighted by Crippen LogP contribution is 2.47. The average Bonchev–Trinajstić information content (AvgIpc) is 3.28. The third kappa shape index (κ3) is 5.82. The zero-order chi connectivity index (χ0) is 25.7. The Labute approximate surface area is 210 Å². The van der Waals surface area contributed by atoms with Crippen LogP contribution in [0.2, 0.25) is 0 Å². The van der Waals surface area contributed by atoms with Crippen LogP contribution in [0.5, 0.6) is 0 Å². The molecule has 6 nitrogen and oxygen atoms in total. The largest absolute Gasteiger partial charge is 0.350 e. The van der Waals surface area contributed by atoms with Gasteiger partial charge in [-0.15, -0.1) is 0 Å². The molecule has 2 unspecified atom stereocenters. The molecule has 1 amide bonds. The minimum absolute atomic E-state index is 0.150. The van der Waals surface area contributed by atoms with Crippen molar-refractivity contribution in [3.05, 3.63) is 80.5 Å². The van der Waals surface area contributed by atoms with E-state index in [2.05, 4.69) is 39.9 Å². The van der Waals surface area contributed by atoms with Gasteiger partial charge in [0, 0.05) is 58.7 Å². The van der Waals surface area contributed by atoms with Crippen LogP contribution in [-0.4, -0.2) is 21.9 Å². The monoisotopic (exact) mass is 492 g/mol. The smallest absolute Gasteiger partial charge is 0.253 e. The Morgan fingerprint density at radius 3 is 2.54 bits per heavy atom. The number of hydrogen-bond donors (Lipinski definition) is 2. The van der Waals surface area contributed by atoms with Gasteiger partial charge < -0.3 is 15.0 Å². The van der Waals surface area contributed by atoms with Crippen molar-refractivity contribution in [2.75, 3.05) is 4.67 Å². The molecule has 1 aromatic carbocycles. The van der Waals surface area contributed by atoms with Gasteiger partial charge in [0.15, 0.2) is 0 Å². The SMILES string of the molecule is CC.CCC(C)N1PCc2c(C(=O)NCc3c(C)cc(C)[nH]c3=O)cc(-c3ccc(C)nc3)cc21. The third-order valence-corrected chi connectivity index (χ3v) is 7.89. The lowest BCUT2D eigenvalue weighted by atomic mass is 9.97. The number of benzene rings is 1. The van der Waals surface area contributed by atoms with Gasteiger partial charge in [0.2, 0.25) is 0 Å². The number of aromatic amines is 1. The Hall–Kier alpha value is -2.98. The van der Waals surface area contributed by atoms with Gasteiger partial charge in [-0.2, -0.15) is 0 Å². The van der Waals surface area contributed by atoms with Gasteiger partial charge in [-0.1, -0.05) is 26.8 Å². The third-order valence-electron chi connectivity index (χ3n) is 6.35. The highest BCUT2D eigenvalue weighted by Gasteiger charge is 2.28. The number of carbonyl (C=O) groups is 1. The molecule has 0 saturated carbocycles. The Morgan fingerprint density at radius 2 is 1.91 bits per heavy atom. The van der Waals surface area contributed by atoms with Gasteiger partial charge in [-0.3, -0.25) is 14.6 Å². The van der Waals surface area contributed by atoms with Crippen molar-refractivity contribution in [2.45, 2.75) is 73.6 Å². The van der Waals surface area contributed by atoms with E-state index in [-0.39, 0.29) is 18.0 Å². The first-order chi connectivity index (χ1) is 16.8. The molecule has 3 heterocycles. The van der Waals surface area contributed by atoms with Crippen molar-refractivity contribution in [1.29, 1.82) is 0 Å². The van der Waals surface area contributed by atoms with Crippen LogP contribution in [0.4, 0.5) is 5.69 Å². The van der Waals surface area contributed by atoms with Crippen molar-refractivity contribution in [3.8, 4) is 11.1 Å². The summed E-state index contributed by atoms with van der Waals surface area (Å²) < 4.78 is 2.42. The lowest BCUT2D eigenvalue weighted by Crippen LogP contribution is -2.28. The fourth-order valence-corrected chi connectivity index (χ4v) is 5.82. The number of aromatic nitrogens is 2. The predicted molar refractivity (Wildman–Crippen MR) is 148 cm³/mol. The molecule has 0 radical (unpaired) electrons. The summed E-state index contributed by atoms with van der Waals surface area (Å²) in [4.78, 5) is 33.1. The van der Waals surface area contributed by atoms with Crippen LogP contribution in [0.15, 0.2) is 41.3 Å². The van der Waals surface area contributed by atoms with Crippen LogP contribution in [0.1, 0.15) is 72.6 Å². The van der Waals surface area contributed by atoms with Crippen molar-refractivity contribution in [3.63, 3.8) is 0 Å². The molecule has 35 heavy (non-hydrogen) atoms. The number of pyridine rings is 2. The maximum Gasteiger partial charge on any atom is 0.253 e. The van der Waals surface area contributed by atoms with E-state index in [1.165, 1.54) is 0 Å². The molecule has 2 N–H and O–H groups in total. The first-order valence-corrected chi connectivity index (χ1v) is 13.5. The van der Waals surface area contributed by atoms with Crippen LogP contribution in [-0.2, 0) is 12.7 Å². The summed E-state index contributed by atoms with van der Waals surface area (Å²) in [5.41, 5.74) is 7.97. The second kappa shape index (κ2) is 11.6. The van der Waals surface area contributed by atoms with Gasteiger partial charge in [0.1, 0.15) is 0 Å². The molecule has 0 aliphatic carbocycles. The van der Waals surface area contributed by atoms with Crippen molar-refractivity contribution in [2.24, 2.45) is 0 Å². The molecule has 0 fully saturated rings. The second-order valence-electron chi connectivity index (χ2n) is 8.80. The van der Waals surface area contributed by atoms with Crippen LogP contribution in [0.3, 0.4) is 0 Å². The van der Waals surface area contributed by atoms with E-state index in [4.69, 9.17) is 0 Å². The van der Waals surface area contributed by atoms with Crippen molar-refractivity contribution < 1.29 is 4.79 Å². The number of amides is 1. The molecule has 2 aromatic heterocycles. The number of hydrogen-bond acceptors (Lipinski definition) is 4. The van der Waals surface area contributed by atoms with Gasteiger partial charge in [0.05, 0.1) is 0 Å². The zero-order valence-corrected chi connectivity index (χ0v) is 22.9. The molecular formula is C28H37N4O2P. The van der Waals surface area contributed by atoms with Gasteiger partial charge in [-0.25, -0.2) is 0 Å². The Morgan fingerprint density at radius 1 is 1.17 bits per heavy atom. The maximum absolute atomic E-state index is 13.4. The molecule has 3 aromatic rings. The first-order valence-electron chi connectivity index (χ1n) is 12.4. The van der Waals surface area contributed by atoms with Crippen molar-refractivity contribution in [1.82, 2.24) is 15.3 Å². The van der Waals surface area contributed by atoms with Gasteiger partial charge in [-0.05, 0) is 83.8 Å². The highest BCUT2D eigenvalue weighted by atomic mass is 31.1. The molecular weight excluding hydrogens is 455 g/mol. The number of rotatable bonds is 6. The lowest BCUT2D eigenvalue weighted by molar-refractivity contribution is 0.0950. The standard InChI is InChI=1S/C26H31N4O2P.C2H6/c1-6-18(5)30-24-11-20(19-8-7-16(3)27-12-19)10-21(23(24)14-33-30)25(31)28-13-22-15(2)9-17(4)29-26(22)32;1-2/h7-12,18,33H,6,13-14H2,1-5H3,(H,28,31)(H,29,32);1-2H3. The highest BCUT2D eigenvalue weighted by molar-refractivity contribution is 7.40. The van der Waals surface area contributed by atoms with Gasteiger partial charge >= 0.3 is 0 Å². The summed E-state index contributed by atoms with van der Waals surface area (Å²) in [6.07, 6.45) is 3.76. The van der Waals surface area contributed by atoms with E-state index in [0.717, 1.165) is 51.9 Å². The van der Waals surface area contributed by atoms with Crippen LogP contribution >= 0.6 is 8.73 Å². The van der Waals surface area contributed by atoms with E-state index in [9.17, 15) is 9.59 Å². The Kier molecular flexibility index (Phi) is 8.85. The van der Waals surface area contributed by atoms with Crippen LogP contribution < -0.4 is 15.5 Å². The summed E-state index contributed by atoms with van der Waals surface area (Å²) in [6, 6.07) is 10.5. The molecule has 0 bridgehead atoms. The number of fused-ring (bicyclic) bond motifs is 1. The first kappa shape index (κ1) is 26.6. The number of carbonyl (C=O) groups excluding carboxylic acids is 1. The summed E-state index contributed by atoms with van der Waals surface area (Å²) in [5.74, 6) is -0.150. The number of anilines is 1. The Balaban J connectivity index is 0.00000167. The van der Waals surface area contributed by atoms with E-state index in [1.807, 2.05) is 65.1 Å². The van der Waals surface area contributed by atoms with E-state index >= 15 is 0 Å². The molecule has 0 spiro atoms. The topological polar surface area (TPSA) is 78.1 Å². The summed E-state index contributed by atoms with van der Waals surface area (Å²) in [5, 5.41) is 3.00. The number of nitrogens with one attached hydrogen (secondary N) is 2. The normalized spacial score (nSPS) is 13.7. The quantitative estimate of drug-likeness (QED) is 0.412. The summed E-state index contributed by atoms with van der Waals surface area (Å²) in [6.45, 7) is 14.3. The average molecular weight is 493 g/mol. The summed E-state index contributed by atoms with van der Waals surface area (Å²) in [7, 11) is 0.618. The molecule has 186 valence electrons. The van der Waals surface area contributed by atoms with Crippen LogP contribution in [0.25, 0.3) is 11.1 Å². The molecule has 0 saturated heterocycles. The predicted octanol–water partition coefficient (Wildman–Crippen LogP) is 6.03. The fraction of sp³-hybridized carbons (Fsp3) is 0.393. The molecule has 4 rings (SSSR count). The van der Waals surface area contributed by atoms with Gasteiger partial charge in [0.25, 0.3) is 11.5 Å². The maximum atomic E-state index is 13.4. The fourth-order valence-electron chi connectivity index (χ4n) is 4.26. The minimum Gasteiger partial charge on any atom is -0.350 e. The number of nitrogens with zero attached hydrogens (tertiary/aromatic N) is 2. The van der Waals surface area contributed by atoms with E-state index in [0.29, 0.717) is 25.9 Å². The van der Waals surface area contributed by atoms with E-state index in [1.54, 1.807) is 0 Å². The zero-order valence-electron chi connectivity index (χ0n) is 21.9. The van der Waals surface area contributed by atoms with Crippen molar-refractivity contribution >= 4 is 20.3 Å². The second-order valence-corrected chi connectivity index (χ2v) is 9.95. The molecule has 1 aliphatic rings. The van der Waals surface area contributed by atoms with E-state index < -0.39 is 0 Å². The lowest BCUT2D eigenvalue weighted by Gasteiger charge is -2.26. The minimum atomic E-state index is -0.151. The molecule has 1 aliphatic heterocycles. The van der Waals surface area contributed by atoms with Crippen LogP contribution in [0, 0.1) is 20.8 Å². The Bertz CT molecular complexity index is 1250. The molecule has 7 heteroatoms.